The largest absolute Gasteiger partial charge is 0.346 e. The molecular formula is C23H23FN2O3S. The third kappa shape index (κ3) is 5.04. The molecule has 0 saturated heterocycles. The van der Waals surface area contributed by atoms with Gasteiger partial charge >= 0.3 is 0 Å². The Labute approximate surface area is 176 Å². The van der Waals surface area contributed by atoms with E-state index in [-0.39, 0.29) is 22.3 Å². The second kappa shape index (κ2) is 8.67. The van der Waals surface area contributed by atoms with Crippen molar-refractivity contribution in [3.8, 4) is 0 Å². The van der Waals surface area contributed by atoms with E-state index in [2.05, 4.69) is 10.0 Å². The minimum absolute atomic E-state index is 0.0326. The summed E-state index contributed by atoms with van der Waals surface area (Å²) in [5, 5.41) is 2.81. The van der Waals surface area contributed by atoms with Crippen molar-refractivity contribution in [3.05, 3.63) is 94.8 Å². The average molecular weight is 427 g/mol. The number of amides is 1. The van der Waals surface area contributed by atoms with Crippen molar-refractivity contribution < 1.29 is 17.6 Å². The van der Waals surface area contributed by atoms with Crippen molar-refractivity contribution in [2.45, 2.75) is 31.7 Å². The highest BCUT2D eigenvalue weighted by Crippen LogP contribution is 2.22. The lowest BCUT2D eigenvalue weighted by Crippen LogP contribution is -2.27. The third-order valence-corrected chi connectivity index (χ3v) is 6.28. The molecule has 2 N–H and O–H groups in total. The number of benzene rings is 3. The summed E-state index contributed by atoms with van der Waals surface area (Å²) in [6.07, 6.45) is 0. The second-order valence-corrected chi connectivity index (χ2v) is 8.85. The minimum Gasteiger partial charge on any atom is -0.346 e. The summed E-state index contributed by atoms with van der Waals surface area (Å²) in [5.74, 6) is -0.773. The fourth-order valence-electron chi connectivity index (χ4n) is 2.98. The predicted octanol–water partition coefficient (Wildman–Crippen LogP) is 4.73. The molecule has 156 valence electrons. The van der Waals surface area contributed by atoms with Gasteiger partial charge in [-0.05, 0) is 68.3 Å². The Kier molecular flexibility index (Phi) is 6.22. The fourth-order valence-corrected chi connectivity index (χ4v) is 4.31. The van der Waals surface area contributed by atoms with E-state index in [4.69, 9.17) is 0 Å². The van der Waals surface area contributed by atoms with Crippen LogP contribution in [0.25, 0.3) is 0 Å². The number of halogens is 1. The van der Waals surface area contributed by atoms with Gasteiger partial charge in [-0.15, -0.1) is 0 Å². The van der Waals surface area contributed by atoms with E-state index in [1.807, 2.05) is 19.1 Å². The number of nitrogens with one attached hydrogen (secondary N) is 2. The van der Waals surface area contributed by atoms with Gasteiger partial charge in [-0.25, -0.2) is 12.8 Å². The molecule has 0 aliphatic rings. The Morgan fingerprint density at radius 1 is 0.933 bits per heavy atom. The molecule has 5 nitrogen and oxygen atoms in total. The van der Waals surface area contributed by atoms with Gasteiger partial charge in [-0.3, -0.25) is 9.52 Å². The van der Waals surface area contributed by atoms with Crippen molar-refractivity contribution in [2.75, 3.05) is 4.72 Å². The van der Waals surface area contributed by atoms with Crippen molar-refractivity contribution >= 4 is 21.6 Å². The van der Waals surface area contributed by atoms with Gasteiger partial charge in [0.25, 0.3) is 15.9 Å². The van der Waals surface area contributed by atoms with Crippen LogP contribution in [0, 0.1) is 19.7 Å². The van der Waals surface area contributed by atoms with Gasteiger partial charge in [-0.1, -0.05) is 35.9 Å². The van der Waals surface area contributed by atoms with E-state index in [0.717, 1.165) is 11.1 Å². The molecule has 3 aromatic rings. The smallest absolute Gasteiger partial charge is 0.262 e. The zero-order valence-corrected chi connectivity index (χ0v) is 17.8. The zero-order chi connectivity index (χ0) is 21.9. The summed E-state index contributed by atoms with van der Waals surface area (Å²) < 4.78 is 41.4. The van der Waals surface area contributed by atoms with Crippen LogP contribution in [0.4, 0.5) is 10.1 Å². The molecule has 0 aliphatic carbocycles. The Hall–Kier alpha value is -3.19. The van der Waals surface area contributed by atoms with Gasteiger partial charge in [0.1, 0.15) is 5.82 Å². The van der Waals surface area contributed by atoms with Crippen LogP contribution in [-0.4, -0.2) is 14.3 Å². The van der Waals surface area contributed by atoms with Crippen LogP contribution in [0.1, 0.15) is 40.0 Å². The topological polar surface area (TPSA) is 75.3 Å². The normalized spacial score (nSPS) is 12.3. The van der Waals surface area contributed by atoms with Gasteiger partial charge in [0, 0.05) is 11.3 Å². The quantitative estimate of drug-likeness (QED) is 0.598. The van der Waals surface area contributed by atoms with E-state index in [9.17, 15) is 17.6 Å². The van der Waals surface area contributed by atoms with Crippen molar-refractivity contribution in [2.24, 2.45) is 0 Å². The molecular weight excluding hydrogens is 403 g/mol. The zero-order valence-electron chi connectivity index (χ0n) is 16.9. The standard InChI is InChI=1S/C23H23FN2O3S/c1-15-4-12-21(13-5-15)26-30(28,29)22-14-19(7-6-16(22)2)23(27)25-17(3)18-8-10-20(24)11-9-18/h4-14,17,26H,1-3H3,(H,25,27). The van der Waals surface area contributed by atoms with E-state index in [1.165, 1.54) is 18.2 Å². The fraction of sp³-hybridized carbons (Fsp3) is 0.174. The highest BCUT2D eigenvalue weighted by molar-refractivity contribution is 7.92. The first-order chi connectivity index (χ1) is 14.2. The molecule has 3 rings (SSSR count). The van der Waals surface area contributed by atoms with Crippen LogP contribution in [0.2, 0.25) is 0 Å². The maximum atomic E-state index is 13.1. The first-order valence-corrected chi connectivity index (χ1v) is 10.9. The molecule has 0 fully saturated rings. The van der Waals surface area contributed by atoms with Crippen LogP contribution in [0.5, 0.6) is 0 Å². The molecule has 1 atom stereocenters. The monoisotopic (exact) mass is 426 g/mol. The second-order valence-electron chi connectivity index (χ2n) is 7.20. The third-order valence-electron chi connectivity index (χ3n) is 4.76. The molecule has 1 amide bonds. The Morgan fingerprint density at radius 3 is 2.20 bits per heavy atom. The van der Waals surface area contributed by atoms with Crippen LogP contribution < -0.4 is 10.0 Å². The summed E-state index contributed by atoms with van der Waals surface area (Å²) in [6.45, 7) is 5.36. The molecule has 0 aromatic heterocycles. The number of carbonyl (C=O) groups excluding carboxylic acids is 1. The van der Waals surface area contributed by atoms with Crippen molar-refractivity contribution in [1.29, 1.82) is 0 Å². The van der Waals surface area contributed by atoms with Crippen LogP contribution in [0.15, 0.2) is 71.6 Å². The highest BCUT2D eigenvalue weighted by Gasteiger charge is 2.20. The SMILES string of the molecule is Cc1ccc(NS(=O)(=O)c2cc(C(=O)NC(C)c3ccc(F)cc3)ccc2C)cc1. The van der Waals surface area contributed by atoms with Crippen LogP contribution in [0.3, 0.4) is 0 Å². The molecule has 0 heterocycles. The van der Waals surface area contributed by atoms with E-state index >= 15 is 0 Å². The van der Waals surface area contributed by atoms with Crippen LogP contribution >= 0.6 is 0 Å². The maximum Gasteiger partial charge on any atom is 0.262 e. The molecule has 1 unspecified atom stereocenters. The first-order valence-electron chi connectivity index (χ1n) is 9.42. The molecule has 7 heteroatoms. The lowest BCUT2D eigenvalue weighted by molar-refractivity contribution is 0.0939. The average Bonchev–Trinajstić information content (AvgIpc) is 2.70. The highest BCUT2D eigenvalue weighted by atomic mass is 32.2. The number of rotatable bonds is 6. The molecule has 0 radical (unpaired) electrons. The lowest BCUT2D eigenvalue weighted by Gasteiger charge is -2.16. The van der Waals surface area contributed by atoms with Gasteiger partial charge in [0.05, 0.1) is 10.9 Å². The number of aryl methyl sites for hydroxylation is 2. The Morgan fingerprint density at radius 2 is 1.57 bits per heavy atom. The summed E-state index contributed by atoms with van der Waals surface area (Å²) in [6, 6.07) is 17.0. The van der Waals surface area contributed by atoms with Gasteiger partial charge in [-0.2, -0.15) is 0 Å². The number of carbonyl (C=O) groups is 1. The number of anilines is 1. The number of sulfonamides is 1. The summed E-state index contributed by atoms with van der Waals surface area (Å²) >= 11 is 0. The predicted molar refractivity (Wildman–Crippen MR) is 115 cm³/mol. The summed E-state index contributed by atoms with van der Waals surface area (Å²) in [5.41, 5.74) is 2.95. The first kappa shape index (κ1) is 21.5. The van der Waals surface area contributed by atoms with Gasteiger partial charge in [0.15, 0.2) is 0 Å². The van der Waals surface area contributed by atoms with Gasteiger partial charge < -0.3 is 5.32 Å². The number of hydrogen-bond acceptors (Lipinski definition) is 3. The molecule has 0 spiro atoms. The molecule has 0 aliphatic heterocycles. The Bertz CT molecular complexity index is 1160. The molecule has 0 saturated carbocycles. The molecule has 0 bridgehead atoms. The number of hydrogen-bond donors (Lipinski definition) is 2. The van der Waals surface area contributed by atoms with E-state index < -0.39 is 15.9 Å². The Balaban J connectivity index is 1.82. The lowest BCUT2D eigenvalue weighted by atomic mass is 10.1. The van der Waals surface area contributed by atoms with Gasteiger partial charge in [0.2, 0.25) is 0 Å². The summed E-state index contributed by atoms with van der Waals surface area (Å²) in [7, 11) is -3.87. The molecule has 3 aromatic carbocycles. The van der Waals surface area contributed by atoms with Crippen LogP contribution in [-0.2, 0) is 10.0 Å². The molecule has 30 heavy (non-hydrogen) atoms. The maximum absolute atomic E-state index is 13.1. The summed E-state index contributed by atoms with van der Waals surface area (Å²) in [4.78, 5) is 12.7. The minimum atomic E-state index is -3.87. The van der Waals surface area contributed by atoms with E-state index in [1.54, 1.807) is 50.2 Å². The van der Waals surface area contributed by atoms with Crippen molar-refractivity contribution in [3.63, 3.8) is 0 Å². The van der Waals surface area contributed by atoms with Crippen molar-refractivity contribution in [1.82, 2.24) is 5.32 Å². The van der Waals surface area contributed by atoms with E-state index in [0.29, 0.717) is 11.3 Å².